The van der Waals surface area contributed by atoms with Gasteiger partial charge in [0.15, 0.2) is 15.6 Å². The maximum atomic E-state index is 13.0. The Kier molecular flexibility index (Phi) is 5.18. The highest BCUT2D eigenvalue weighted by Gasteiger charge is 2.39. The van der Waals surface area contributed by atoms with Crippen LogP contribution in [0.25, 0.3) is 0 Å². The van der Waals surface area contributed by atoms with E-state index >= 15 is 0 Å². The lowest BCUT2D eigenvalue weighted by molar-refractivity contribution is -0.0498. The third-order valence-electron chi connectivity index (χ3n) is 4.43. The molecule has 0 bridgehead atoms. The number of ketones is 2. The fourth-order valence-corrected chi connectivity index (χ4v) is 5.82. The predicted molar refractivity (Wildman–Crippen MR) is 100 cm³/mol. The Hall–Kier alpha value is -2.13. The molecule has 0 amide bonds. The summed E-state index contributed by atoms with van der Waals surface area (Å²) >= 11 is 0.795. The van der Waals surface area contributed by atoms with Gasteiger partial charge in [-0.05, 0) is 41.7 Å². The molecule has 28 heavy (non-hydrogen) atoms. The van der Waals surface area contributed by atoms with Crippen molar-refractivity contribution < 1.29 is 31.5 Å². The second-order valence-electron chi connectivity index (χ2n) is 7.52. The average molecular weight is 428 g/mol. The molecule has 0 radical (unpaired) electrons. The van der Waals surface area contributed by atoms with Crippen molar-refractivity contribution in [1.82, 2.24) is 0 Å². The molecular formula is C19H18F2O5S2. The summed E-state index contributed by atoms with van der Waals surface area (Å²) in [5, 5.41) is 0. The van der Waals surface area contributed by atoms with E-state index in [1.165, 1.54) is 24.3 Å². The Bertz CT molecular complexity index is 1050. The van der Waals surface area contributed by atoms with Crippen molar-refractivity contribution in [2.45, 2.75) is 37.5 Å². The number of alkyl halides is 2. The molecule has 3 rings (SSSR count). The summed E-state index contributed by atoms with van der Waals surface area (Å²) in [7, 11) is -3.69. The summed E-state index contributed by atoms with van der Waals surface area (Å²) in [4.78, 5) is 25.9. The van der Waals surface area contributed by atoms with Gasteiger partial charge in [0, 0.05) is 18.2 Å². The van der Waals surface area contributed by atoms with Crippen LogP contribution in [-0.4, -0.2) is 32.9 Å². The zero-order valence-corrected chi connectivity index (χ0v) is 17.0. The maximum Gasteiger partial charge on any atom is 0.387 e. The van der Waals surface area contributed by atoms with Crippen LogP contribution >= 0.6 is 11.3 Å². The number of benzene rings is 1. The van der Waals surface area contributed by atoms with Gasteiger partial charge in [-0.25, -0.2) is 8.42 Å². The number of fused-ring (bicyclic) bond motifs is 1. The molecule has 1 aliphatic rings. The van der Waals surface area contributed by atoms with Crippen LogP contribution in [-0.2, 0) is 16.3 Å². The molecule has 0 atom stereocenters. The zero-order chi connectivity index (χ0) is 20.9. The van der Waals surface area contributed by atoms with Crippen molar-refractivity contribution in [2.24, 2.45) is 5.41 Å². The van der Waals surface area contributed by atoms with Crippen LogP contribution in [0, 0.1) is 5.41 Å². The van der Waals surface area contributed by atoms with Gasteiger partial charge in [0.25, 0.3) is 0 Å². The number of sulfone groups is 1. The van der Waals surface area contributed by atoms with E-state index in [2.05, 4.69) is 4.74 Å². The summed E-state index contributed by atoms with van der Waals surface area (Å²) < 4.78 is 53.1. The van der Waals surface area contributed by atoms with Crippen molar-refractivity contribution in [2.75, 3.05) is 6.26 Å². The Morgan fingerprint density at radius 2 is 1.79 bits per heavy atom. The molecule has 0 fully saturated rings. The number of hydrogen-bond donors (Lipinski definition) is 0. The number of hydrogen-bond acceptors (Lipinski definition) is 6. The van der Waals surface area contributed by atoms with Gasteiger partial charge in [0.2, 0.25) is 5.78 Å². The fraction of sp³-hybridized carbons (Fsp3) is 0.368. The molecular weight excluding hydrogens is 410 g/mol. The van der Waals surface area contributed by atoms with Crippen molar-refractivity contribution in [3.05, 3.63) is 45.8 Å². The second-order valence-corrected chi connectivity index (χ2v) is 10.7. The summed E-state index contributed by atoms with van der Waals surface area (Å²) in [6.07, 6.45) is 1.61. The third-order valence-corrected chi connectivity index (χ3v) is 7.49. The number of Topliss-reactive ketones (excluding diaryl/α,β-unsaturated/α-hetero) is 1. The molecule has 0 saturated carbocycles. The van der Waals surface area contributed by atoms with Crippen LogP contribution in [0.4, 0.5) is 8.78 Å². The van der Waals surface area contributed by atoms with E-state index in [1.807, 2.05) is 13.8 Å². The molecule has 5 nitrogen and oxygen atoms in total. The summed E-state index contributed by atoms with van der Waals surface area (Å²) in [5.74, 6) is -0.833. The molecule has 0 aliphatic heterocycles. The first-order valence-corrected chi connectivity index (χ1v) is 11.1. The molecule has 1 aromatic carbocycles. The van der Waals surface area contributed by atoms with E-state index in [-0.39, 0.29) is 38.2 Å². The molecule has 1 heterocycles. The average Bonchev–Trinajstić information content (AvgIpc) is 2.93. The van der Waals surface area contributed by atoms with Crippen molar-refractivity contribution in [3.63, 3.8) is 0 Å². The molecule has 150 valence electrons. The Labute approximate surface area is 165 Å². The van der Waals surface area contributed by atoms with Gasteiger partial charge in [0.05, 0.1) is 10.4 Å². The van der Waals surface area contributed by atoms with Crippen molar-refractivity contribution >= 4 is 32.7 Å². The fourth-order valence-electron chi connectivity index (χ4n) is 3.32. The molecule has 0 spiro atoms. The SMILES string of the molecule is CC1(C)CC(=O)c2c(S(C)(=O)=O)sc(C(=O)c3ccc(OC(F)F)cc3)c2C1. The van der Waals surface area contributed by atoms with Crippen LogP contribution in [0.3, 0.4) is 0 Å². The van der Waals surface area contributed by atoms with Crippen LogP contribution in [0.15, 0.2) is 28.5 Å². The lowest BCUT2D eigenvalue weighted by atomic mass is 9.74. The lowest BCUT2D eigenvalue weighted by Crippen LogP contribution is -2.28. The van der Waals surface area contributed by atoms with Crippen LogP contribution in [0.5, 0.6) is 5.75 Å². The topological polar surface area (TPSA) is 77.5 Å². The summed E-state index contributed by atoms with van der Waals surface area (Å²) in [6, 6.07) is 5.15. The van der Waals surface area contributed by atoms with E-state index < -0.39 is 27.6 Å². The summed E-state index contributed by atoms with van der Waals surface area (Å²) in [6.45, 7) is 0.795. The monoisotopic (exact) mass is 428 g/mol. The van der Waals surface area contributed by atoms with Crippen molar-refractivity contribution in [1.29, 1.82) is 0 Å². The highest BCUT2D eigenvalue weighted by atomic mass is 32.2. The van der Waals surface area contributed by atoms with Crippen molar-refractivity contribution in [3.8, 4) is 5.75 Å². The van der Waals surface area contributed by atoms with E-state index in [0.29, 0.717) is 12.0 Å². The highest BCUT2D eigenvalue weighted by molar-refractivity contribution is 7.92. The van der Waals surface area contributed by atoms with E-state index in [9.17, 15) is 26.8 Å². The summed E-state index contributed by atoms with van der Waals surface area (Å²) in [5.41, 5.74) is 0.364. The molecule has 0 unspecified atom stereocenters. The van der Waals surface area contributed by atoms with Gasteiger partial charge in [-0.1, -0.05) is 13.8 Å². The number of thiophene rings is 1. The standard InChI is InChI=1S/C19H18F2O5S2/c1-19(2)8-12-14(13(22)9-19)17(28(3,24)25)27-16(12)15(23)10-4-6-11(7-5-10)26-18(20)21/h4-7,18H,8-9H2,1-3H3. The molecule has 1 aromatic heterocycles. The quantitative estimate of drug-likeness (QED) is 0.669. The smallest absolute Gasteiger partial charge is 0.387 e. The molecule has 9 heteroatoms. The van der Waals surface area contributed by atoms with Gasteiger partial charge in [0.1, 0.15) is 9.96 Å². The minimum atomic E-state index is -3.69. The number of rotatable bonds is 5. The minimum Gasteiger partial charge on any atom is -0.435 e. The number of ether oxygens (including phenoxy) is 1. The first kappa shape index (κ1) is 20.6. The largest absolute Gasteiger partial charge is 0.435 e. The van der Waals surface area contributed by atoms with Crippen LogP contribution in [0.2, 0.25) is 0 Å². The van der Waals surface area contributed by atoms with Gasteiger partial charge in [-0.3, -0.25) is 9.59 Å². The maximum absolute atomic E-state index is 13.0. The Morgan fingerprint density at radius 3 is 2.32 bits per heavy atom. The minimum absolute atomic E-state index is 0.0899. The lowest BCUT2D eigenvalue weighted by Gasteiger charge is -2.29. The molecule has 2 aromatic rings. The predicted octanol–water partition coefficient (Wildman–Crippen LogP) is 4.14. The van der Waals surface area contributed by atoms with Gasteiger partial charge >= 0.3 is 6.61 Å². The Balaban J connectivity index is 2.09. The normalized spacial score (nSPS) is 16.1. The van der Waals surface area contributed by atoms with Crippen LogP contribution < -0.4 is 4.74 Å². The van der Waals surface area contributed by atoms with E-state index in [4.69, 9.17) is 0 Å². The van der Waals surface area contributed by atoms with Crippen LogP contribution in [0.1, 0.15) is 51.4 Å². The number of carbonyl (C=O) groups excluding carboxylic acids is 2. The van der Waals surface area contributed by atoms with Gasteiger partial charge in [-0.2, -0.15) is 8.78 Å². The van der Waals surface area contributed by atoms with Gasteiger partial charge in [-0.15, -0.1) is 11.3 Å². The number of halogens is 2. The second kappa shape index (κ2) is 7.04. The highest BCUT2D eigenvalue weighted by Crippen LogP contribution is 2.43. The van der Waals surface area contributed by atoms with Gasteiger partial charge < -0.3 is 4.74 Å². The third kappa shape index (κ3) is 4.00. The first-order valence-electron chi connectivity index (χ1n) is 8.37. The van der Waals surface area contributed by atoms with E-state index in [1.54, 1.807) is 0 Å². The number of carbonyl (C=O) groups is 2. The molecule has 0 saturated heterocycles. The molecule has 1 aliphatic carbocycles. The molecule has 0 N–H and O–H groups in total. The first-order chi connectivity index (χ1) is 12.9. The van der Waals surface area contributed by atoms with E-state index in [0.717, 1.165) is 17.6 Å². The Morgan fingerprint density at radius 1 is 1.18 bits per heavy atom. The zero-order valence-electron chi connectivity index (χ0n) is 15.4.